The van der Waals surface area contributed by atoms with E-state index in [-0.39, 0.29) is 23.8 Å². The maximum absolute atomic E-state index is 12.8. The smallest absolute Gasteiger partial charge is 0.253 e. The molecular weight excluding hydrogens is 324 g/mol. The van der Waals surface area contributed by atoms with Gasteiger partial charge in [-0.25, -0.2) is 0 Å². The van der Waals surface area contributed by atoms with Gasteiger partial charge in [0.25, 0.3) is 5.91 Å². The number of para-hydroxylation sites is 1. The van der Waals surface area contributed by atoms with Crippen LogP contribution >= 0.6 is 0 Å². The number of carbonyl (C=O) groups excluding carboxylic acids is 2. The molecule has 2 aromatic rings. The van der Waals surface area contributed by atoms with Gasteiger partial charge in [-0.2, -0.15) is 0 Å². The fourth-order valence-electron chi connectivity index (χ4n) is 3.71. The van der Waals surface area contributed by atoms with Crippen molar-refractivity contribution in [3.05, 3.63) is 66.2 Å². The zero-order chi connectivity index (χ0) is 18.5. The molecule has 0 aliphatic heterocycles. The fourth-order valence-corrected chi connectivity index (χ4v) is 3.71. The average Bonchev–Trinajstić information content (AvgIpc) is 2.73. The van der Waals surface area contributed by atoms with Crippen LogP contribution in [0.25, 0.3) is 0 Å². The fraction of sp³-hybridized carbons (Fsp3) is 0.364. The topological polar surface area (TPSA) is 40.6 Å². The molecule has 2 amide bonds. The molecule has 0 saturated heterocycles. The Morgan fingerprint density at radius 2 is 1.35 bits per heavy atom. The molecule has 3 rings (SSSR count). The number of amides is 2. The highest BCUT2D eigenvalue weighted by atomic mass is 16.2. The number of hydrogen-bond donors (Lipinski definition) is 0. The first-order chi connectivity index (χ1) is 12.6. The third-order valence-corrected chi connectivity index (χ3v) is 5.41. The second kappa shape index (κ2) is 8.17. The summed E-state index contributed by atoms with van der Waals surface area (Å²) in [4.78, 5) is 29.0. The predicted molar refractivity (Wildman–Crippen MR) is 104 cm³/mol. The minimum absolute atomic E-state index is 0.0386. The SMILES string of the molecule is CN(C(=O)C1CCC(N(C)C(=O)c2ccccc2)CC1)c1ccccc1. The standard InChI is InChI=1S/C22H26N2O2/c1-23(19-11-7-4-8-12-19)22(26)18-13-15-20(16-14-18)24(2)21(25)17-9-5-3-6-10-17/h3-12,18,20H,13-16H2,1-2H3. The molecule has 1 saturated carbocycles. The number of carbonyl (C=O) groups is 2. The minimum atomic E-state index is 0.0386. The molecule has 0 radical (unpaired) electrons. The Labute approximate surface area is 155 Å². The summed E-state index contributed by atoms with van der Waals surface area (Å²) in [5.74, 6) is 0.269. The molecule has 136 valence electrons. The van der Waals surface area contributed by atoms with Crippen LogP contribution in [0, 0.1) is 5.92 Å². The van der Waals surface area contributed by atoms with Crippen molar-refractivity contribution < 1.29 is 9.59 Å². The van der Waals surface area contributed by atoms with Gasteiger partial charge in [-0.1, -0.05) is 36.4 Å². The summed E-state index contributed by atoms with van der Waals surface area (Å²) in [6.45, 7) is 0. The van der Waals surface area contributed by atoms with Crippen LogP contribution < -0.4 is 4.90 Å². The van der Waals surface area contributed by atoms with Crippen LogP contribution in [0.5, 0.6) is 0 Å². The van der Waals surface area contributed by atoms with Gasteiger partial charge in [0.2, 0.25) is 5.91 Å². The Morgan fingerprint density at radius 1 is 0.808 bits per heavy atom. The van der Waals surface area contributed by atoms with E-state index >= 15 is 0 Å². The molecule has 1 aliphatic carbocycles. The monoisotopic (exact) mass is 350 g/mol. The number of rotatable bonds is 4. The molecule has 2 aromatic carbocycles. The summed E-state index contributed by atoms with van der Waals surface area (Å²) in [7, 11) is 3.72. The van der Waals surface area contributed by atoms with Gasteiger partial charge < -0.3 is 9.80 Å². The molecule has 0 spiro atoms. The van der Waals surface area contributed by atoms with Crippen LogP contribution in [0.1, 0.15) is 36.0 Å². The molecule has 0 unspecified atom stereocenters. The van der Waals surface area contributed by atoms with E-state index in [2.05, 4.69) is 0 Å². The van der Waals surface area contributed by atoms with Crippen molar-refractivity contribution in [1.82, 2.24) is 4.90 Å². The number of benzene rings is 2. The van der Waals surface area contributed by atoms with Crippen LogP contribution in [-0.2, 0) is 4.79 Å². The second-order valence-corrected chi connectivity index (χ2v) is 7.02. The predicted octanol–water partition coefficient (Wildman–Crippen LogP) is 3.98. The third-order valence-electron chi connectivity index (χ3n) is 5.41. The van der Waals surface area contributed by atoms with Gasteiger partial charge in [0, 0.05) is 37.3 Å². The molecule has 0 heterocycles. The van der Waals surface area contributed by atoms with Gasteiger partial charge in [0.15, 0.2) is 0 Å². The Bertz CT molecular complexity index is 737. The molecule has 1 aliphatic rings. The van der Waals surface area contributed by atoms with E-state index in [0.717, 1.165) is 36.9 Å². The first-order valence-electron chi connectivity index (χ1n) is 9.22. The van der Waals surface area contributed by atoms with Gasteiger partial charge in [-0.15, -0.1) is 0 Å². The first kappa shape index (κ1) is 18.2. The first-order valence-corrected chi connectivity index (χ1v) is 9.22. The van der Waals surface area contributed by atoms with E-state index in [1.165, 1.54) is 0 Å². The molecule has 4 nitrogen and oxygen atoms in total. The lowest BCUT2D eigenvalue weighted by atomic mass is 9.84. The zero-order valence-electron chi connectivity index (χ0n) is 15.5. The van der Waals surface area contributed by atoms with Crippen LogP contribution in [0.15, 0.2) is 60.7 Å². The molecule has 1 fully saturated rings. The molecule has 0 N–H and O–H groups in total. The third kappa shape index (κ3) is 3.96. The summed E-state index contributed by atoms with van der Waals surface area (Å²) in [5, 5.41) is 0. The Kier molecular flexibility index (Phi) is 5.71. The number of hydrogen-bond acceptors (Lipinski definition) is 2. The molecule has 0 aromatic heterocycles. The highest BCUT2D eigenvalue weighted by Gasteiger charge is 2.31. The van der Waals surface area contributed by atoms with Crippen molar-refractivity contribution in [2.45, 2.75) is 31.7 Å². The van der Waals surface area contributed by atoms with Crippen molar-refractivity contribution in [3.8, 4) is 0 Å². The summed E-state index contributed by atoms with van der Waals surface area (Å²) >= 11 is 0. The van der Waals surface area contributed by atoms with E-state index < -0.39 is 0 Å². The van der Waals surface area contributed by atoms with Crippen molar-refractivity contribution in [2.75, 3.05) is 19.0 Å². The van der Waals surface area contributed by atoms with E-state index in [1.807, 2.05) is 79.7 Å². The van der Waals surface area contributed by atoms with Crippen LogP contribution in [-0.4, -0.2) is 36.9 Å². The maximum Gasteiger partial charge on any atom is 0.253 e. The van der Waals surface area contributed by atoms with E-state index in [0.29, 0.717) is 0 Å². The molecule has 4 heteroatoms. The van der Waals surface area contributed by atoms with Gasteiger partial charge in [0.05, 0.1) is 0 Å². The van der Waals surface area contributed by atoms with Gasteiger partial charge in [0.1, 0.15) is 0 Å². The molecule has 26 heavy (non-hydrogen) atoms. The van der Waals surface area contributed by atoms with Gasteiger partial charge in [-0.05, 0) is 49.9 Å². The van der Waals surface area contributed by atoms with Crippen LogP contribution in [0.2, 0.25) is 0 Å². The maximum atomic E-state index is 12.8. The largest absolute Gasteiger partial charge is 0.339 e. The van der Waals surface area contributed by atoms with Crippen molar-refractivity contribution in [3.63, 3.8) is 0 Å². The van der Waals surface area contributed by atoms with E-state index in [4.69, 9.17) is 0 Å². The number of nitrogens with zero attached hydrogens (tertiary/aromatic N) is 2. The lowest BCUT2D eigenvalue weighted by Gasteiger charge is -2.35. The van der Waals surface area contributed by atoms with Crippen LogP contribution in [0.4, 0.5) is 5.69 Å². The highest BCUT2D eigenvalue weighted by molar-refractivity contribution is 5.95. The molecule has 0 atom stereocenters. The van der Waals surface area contributed by atoms with Gasteiger partial charge >= 0.3 is 0 Å². The summed E-state index contributed by atoms with van der Waals surface area (Å²) in [6.07, 6.45) is 3.39. The summed E-state index contributed by atoms with van der Waals surface area (Å²) in [6, 6.07) is 19.3. The molecular formula is C22H26N2O2. The lowest BCUT2D eigenvalue weighted by molar-refractivity contribution is -0.123. The quantitative estimate of drug-likeness (QED) is 0.837. The highest BCUT2D eigenvalue weighted by Crippen LogP contribution is 2.30. The number of anilines is 1. The van der Waals surface area contributed by atoms with E-state index in [1.54, 1.807) is 4.90 Å². The van der Waals surface area contributed by atoms with Crippen LogP contribution in [0.3, 0.4) is 0 Å². The minimum Gasteiger partial charge on any atom is -0.339 e. The second-order valence-electron chi connectivity index (χ2n) is 7.02. The van der Waals surface area contributed by atoms with E-state index in [9.17, 15) is 9.59 Å². The van der Waals surface area contributed by atoms with Crippen molar-refractivity contribution in [1.29, 1.82) is 0 Å². The normalized spacial score (nSPS) is 19.6. The Balaban J connectivity index is 1.57. The summed E-state index contributed by atoms with van der Waals surface area (Å²) < 4.78 is 0. The Hall–Kier alpha value is -2.62. The van der Waals surface area contributed by atoms with Crippen molar-refractivity contribution >= 4 is 17.5 Å². The Morgan fingerprint density at radius 3 is 1.92 bits per heavy atom. The van der Waals surface area contributed by atoms with Gasteiger partial charge in [-0.3, -0.25) is 9.59 Å². The average molecular weight is 350 g/mol. The zero-order valence-corrected chi connectivity index (χ0v) is 15.5. The van der Waals surface area contributed by atoms with Crippen molar-refractivity contribution in [2.24, 2.45) is 5.92 Å². The molecule has 0 bridgehead atoms. The lowest BCUT2D eigenvalue weighted by Crippen LogP contribution is -2.42. The summed E-state index contributed by atoms with van der Waals surface area (Å²) in [5.41, 5.74) is 1.65.